The third-order valence-electron chi connectivity index (χ3n) is 1.73. The van der Waals surface area contributed by atoms with Crippen LogP contribution in [0.3, 0.4) is 0 Å². The molecule has 1 aromatic rings. The van der Waals surface area contributed by atoms with Crippen molar-refractivity contribution in [3.05, 3.63) is 23.8 Å². The van der Waals surface area contributed by atoms with Crippen LogP contribution < -0.4 is 5.73 Å². The molecule has 0 atom stereocenters. The SMILES string of the molecule is CCCS(=O)(=O)O.Cc1cccc(N)c1O. The van der Waals surface area contributed by atoms with Crippen LogP contribution >= 0.6 is 0 Å². The van der Waals surface area contributed by atoms with Crippen LogP contribution in [0.25, 0.3) is 0 Å². The molecule has 0 heterocycles. The molecule has 0 radical (unpaired) electrons. The number of para-hydroxylation sites is 1. The van der Waals surface area contributed by atoms with Crippen molar-refractivity contribution in [3.63, 3.8) is 0 Å². The van der Waals surface area contributed by atoms with E-state index in [-0.39, 0.29) is 11.5 Å². The first-order valence-corrected chi connectivity index (χ1v) is 6.38. The Hall–Kier alpha value is -1.27. The molecule has 16 heavy (non-hydrogen) atoms. The Labute approximate surface area is 95.7 Å². The number of rotatable bonds is 2. The van der Waals surface area contributed by atoms with E-state index < -0.39 is 10.1 Å². The van der Waals surface area contributed by atoms with Gasteiger partial charge < -0.3 is 10.8 Å². The number of phenols is 1. The summed E-state index contributed by atoms with van der Waals surface area (Å²) in [7, 11) is -3.67. The van der Waals surface area contributed by atoms with Crippen LogP contribution in [-0.4, -0.2) is 23.8 Å². The van der Waals surface area contributed by atoms with E-state index in [1.54, 1.807) is 13.0 Å². The van der Waals surface area contributed by atoms with Crippen LogP contribution in [0.15, 0.2) is 18.2 Å². The summed E-state index contributed by atoms with van der Waals surface area (Å²) in [5.74, 6) is 0.0602. The number of phenolic OH excluding ortho intramolecular Hbond substituents is 1. The summed E-state index contributed by atoms with van der Waals surface area (Å²) in [6.45, 7) is 3.50. The van der Waals surface area contributed by atoms with Gasteiger partial charge in [0.25, 0.3) is 10.1 Å². The van der Waals surface area contributed by atoms with Gasteiger partial charge in [-0.25, -0.2) is 0 Å². The average molecular weight is 247 g/mol. The minimum atomic E-state index is -3.67. The minimum absolute atomic E-state index is 0.132. The molecule has 0 fully saturated rings. The number of aryl methyl sites for hydroxylation is 1. The summed E-state index contributed by atoms with van der Waals surface area (Å²) >= 11 is 0. The van der Waals surface area contributed by atoms with Crippen molar-refractivity contribution in [2.75, 3.05) is 11.5 Å². The molecule has 0 aliphatic heterocycles. The van der Waals surface area contributed by atoms with Crippen molar-refractivity contribution in [3.8, 4) is 5.75 Å². The van der Waals surface area contributed by atoms with Gasteiger partial charge in [0, 0.05) is 0 Å². The Morgan fingerprint density at radius 1 is 1.38 bits per heavy atom. The first-order valence-electron chi connectivity index (χ1n) is 4.77. The molecule has 0 aliphatic carbocycles. The highest BCUT2D eigenvalue weighted by atomic mass is 32.2. The van der Waals surface area contributed by atoms with Crippen LogP contribution in [-0.2, 0) is 10.1 Å². The van der Waals surface area contributed by atoms with Gasteiger partial charge in [-0.1, -0.05) is 19.1 Å². The zero-order valence-electron chi connectivity index (χ0n) is 9.34. The van der Waals surface area contributed by atoms with E-state index in [9.17, 15) is 8.42 Å². The molecule has 0 spiro atoms. The average Bonchev–Trinajstić information content (AvgIpc) is 2.13. The molecular formula is C10H17NO4S. The topological polar surface area (TPSA) is 101 Å². The Balaban J connectivity index is 0.000000293. The molecule has 0 saturated heterocycles. The number of hydrogen-bond donors (Lipinski definition) is 3. The molecule has 0 saturated carbocycles. The van der Waals surface area contributed by atoms with Crippen LogP contribution in [0.5, 0.6) is 5.75 Å². The Bertz CT molecular complexity index is 408. The molecule has 0 unspecified atom stereocenters. The van der Waals surface area contributed by atoms with Crippen LogP contribution in [0.4, 0.5) is 5.69 Å². The Kier molecular flexibility index (Phi) is 5.84. The molecule has 92 valence electrons. The molecule has 1 rings (SSSR count). The molecule has 6 heteroatoms. The second-order valence-corrected chi connectivity index (χ2v) is 4.87. The first kappa shape index (κ1) is 14.7. The van der Waals surface area contributed by atoms with Gasteiger partial charge in [0.1, 0.15) is 5.75 Å². The number of nitrogens with two attached hydrogens (primary N) is 1. The first-order chi connectivity index (χ1) is 7.28. The number of aromatic hydroxyl groups is 1. The number of nitrogen functional groups attached to an aromatic ring is 1. The third kappa shape index (κ3) is 6.26. The van der Waals surface area contributed by atoms with Crippen molar-refractivity contribution in [1.29, 1.82) is 0 Å². The number of hydrogen-bond acceptors (Lipinski definition) is 4. The van der Waals surface area contributed by atoms with Gasteiger partial charge in [0.2, 0.25) is 0 Å². The fourth-order valence-electron chi connectivity index (χ4n) is 0.940. The van der Waals surface area contributed by atoms with Crippen molar-refractivity contribution < 1.29 is 18.1 Å². The highest BCUT2D eigenvalue weighted by Crippen LogP contribution is 2.22. The summed E-state index contributed by atoms with van der Waals surface area (Å²) in [4.78, 5) is 0. The van der Waals surface area contributed by atoms with Crippen LogP contribution in [0.1, 0.15) is 18.9 Å². The maximum absolute atomic E-state index is 9.79. The lowest BCUT2D eigenvalue weighted by Gasteiger charge is -1.99. The van der Waals surface area contributed by atoms with Gasteiger partial charge in [-0.3, -0.25) is 4.55 Å². The van der Waals surface area contributed by atoms with E-state index in [2.05, 4.69) is 0 Å². The van der Waals surface area contributed by atoms with Gasteiger partial charge in [-0.2, -0.15) is 8.42 Å². The van der Waals surface area contributed by atoms with Gasteiger partial charge >= 0.3 is 0 Å². The Morgan fingerprint density at radius 3 is 2.19 bits per heavy atom. The summed E-state index contributed by atoms with van der Waals surface area (Å²) < 4.78 is 27.6. The van der Waals surface area contributed by atoms with E-state index in [0.29, 0.717) is 12.1 Å². The third-order valence-corrected chi connectivity index (χ3v) is 2.66. The monoisotopic (exact) mass is 247 g/mol. The smallest absolute Gasteiger partial charge is 0.264 e. The molecule has 0 amide bonds. The van der Waals surface area contributed by atoms with Gasteiger partial charge in [0.05, 0.1) is 11.4 Å². The van der Waals surface area contributed by atoms with Gasteiger partial charge in [0.15, 0.2) is 0 Å². The summed E-state index contributed by atoms with van der Waals surface area (Å²) in [5.41, 5.74) is 6.63. The van der Waals surface area contributed by atoms with Crippen molar-refractivity contribution >= 4 is 15.8 Å². The lowest BCUT2D eigenvalue weighted by atomic mass is 10.2. The summed E-state index contributed by atoms with van der Waals surface area (Å²) in [6.07, 6.45) is 0.471. The van der Waals surface area contributed by atoms with Gasteiger partial charge in [-0.15, -0.1) is 0 Å². The van der Waals surface area contributed by atoms with Crippen LogP contribution in [0, 0.1) is 6.92 Å². The second-order valence-electron chi connectivity index (χ2n) is 3.30. The lowest BCUT2D eigenvalue weighted by Crippen LogP contribution is -2.01. The second kappa shape index (κ2) is 6.34. The fraction of sp³-hybridized carbons (Fsp3) is 0.400. The maximum atomic E-state index is 9.79. The Morgan fingerprint density at radius 2 is 1.94 bits per heavy atom. The van der Waals surface area contributed by atoms with Crippen LogP contribution in [0.2, 0.25) is 0 Å². The molecular weight excluding hydrogens is 230 g/mol. The predicted octanol–water partition coefficient (Wildman–Crippen LogP) is 1.57. The molecule has 4 N–H and O–H groups in total. The molecule has 0 aromatic heterocycles. The van der Waals surface area contributed by atoms with Crippen molar-refractivity contribution in [2.45, 2.75) is 20.3 Å². The lowest BCUT2D eigenvalue weighted by molar-refractivity contribution is 0.473. The number of anilines is 1. The normalized spacial score (nSPS) is 10.4. The predicted molar refractivity (Wildman–Crippen MR) is 64.0 cm³/mol. The molecule has 0 bridgehead atoms. The molecule has 5 nitrogen and oxygen atoms in total. The standard InChI is InChI=1S/C7H9NO.C3H8O3S/c1-5-3-2-4-6(8)7(5)9;1-2-3-7(4,5)6/h2-4,9H,8H2,1H3;2-3H2,1H3,(H,4,5,6). The van der Waals surface area contributed by atoms with Gasteiger partial charge in [-0.05, 0) is 25.0 Å². The quantitative estimate of drug-likeness (QED) is 0.418. The largest absolute Gasteiger partial charge is 0.506 e. The zero-order chi connectivity index (χ0) is 12.8. The fourth-order valence-corrected chi connectivity index (χ4v) is 1.46. The van der Waals surface area contributed by atoms with E-state index >= 15 is 0 Å². The zero-order valence-corrected chi connectivity index (χ0v) is 10.2. The molecule has 1 aromatic carbocycles. The highest BCUT2D eigenvalue weighted by Gasteiger charge is 1.98. The maximum Gasteiger partial charge on any atom is 0.264 e. The van der Waals surface area contributed by atoms with Crippen molar-refractivity contribution in [1.82, 2.24) is 0 Å². The minimum Gasteiger partial charge on any atom is -0.506 e. The van der Waals surface area contributed by atoms with E-state index in [0.717, 1.165) is 5.56 Å². The summed E-state index contributed by atoms with van der Waals surface area (Å²) in [5, 5.41) is 9.08. The highest BCUT2D eigenvalue weighted by molar-refractivity contribution is 7.85. The molecule has 0 aliphatic rings. The summed E-state index contributed by atoms with van der Waals surface area (Å²) in [6, 6.07) is 5.29. The van der Waals surface area contributed by atoms with E-state index in [1.165, 1.54) is 0 Å². The number of benzene rings is 1. The van der Waals surface area contributed by atoms with E-state index in [1.807, 2.05) is 19.1 Å². The van der Waals surface area contributed by atoms with Crippen molar-refractivity contribution in [2.24, 2.45) is 0 Å². The van der Waals surface area contributed by atoms with E-state index in [4.69, 9.17) is 15.4 Å².